The monoisotopic (exact) mass is 404 g/mol. The van der Waals surface area contributed by atoms with Gasteiger partial charge in [0.15, 0.2) is 11.5 Å². The van der Waals surface area contributed by atoms with Gasteiger partial charge >= 0.3 is 0 Å². The number of nitrogen functional groups attached to an aromatic ring is 2. The summed E-state index contributed by atoms with van der Waals surface area (Å²) in [5.74, 6) is 2.01. The Balaban J connectivity index is 2.05. The molecule has 1 aromatic heterocycles. The van der Waals surface area contributed by atoms with E-state index >= 15 is 0 Å². The summed E-state index contributed by atoms with van der Waals surface area (Å²) in [6.07, 6.45) is 4.26. The van der Waals surface area contributed by atoms with Crippen LogP contribution in [0.15, 0.2) is 24.4 Å². The van der Waals surface area contributed by atoms with Crippen LogP contribution in [0.25, 0.3) is 4.48 Å². The average Bonchev–Trinajstić information content (AvgIpc) is 2.51. The smallest absolute Gasteiger partial charge is 0.221 e. The first-order valence-electron chi connectivity index (χ1n) is 8.03. The molecular formula is C18H21BrN4O2. The lowest BCUT2D eigenvalue weighted by Crippen LogP contribution is -2.28. The SMILES string of the molecule is CCOc1cc(Cc2cnc(N)nc2N)cc2c1OC(C)(C)C=C2Br. The molecule has 1 aromatic carbocycles. The zero-order chi connectivity index (χ0) is 18.2. The van der Waals surface area contributed by atoms with Gasteiger partial charge in [0.05, 0.1) is 6.61 Å². The standard InChI is InChI=1S/C18H21BrN4O2/c1-4-24-14-7-10(5-11-9-22-17(21)23-16(11)20)6-12-13(19)8-18(2,3)25-15(12)14/h6-9H,4-5H2,1-3H3,(H4,20,21,22,23). The molecule has 132 valence electrons. The third-order valence-corrected chi connectivity index (χ3v) is 4.48. The van der Waals surface area contributed by atoms with E-state index in [9.17, 15) is 0 Å². The van der Waals surface area contributed by atoms with Crippen LogP contribution in [0.4, 0.5) is 11.8 Å². The van der Waals surface area contributed by atoms with Crippen molar-refractivity contribution in [2.24, 2.45) is 0 Å². The number of fused-ring (bicyclic) bond motifs is 1. The van der Waals surface area contributed by atoms with Crippen LogP contribution in [-0.2, 0) is 6.42 Å². The third kappa shape index (κ3) is 3.71. The molecule has 0 fully saturated rings. The van der Waals surface area contributed by atoms with Gasteiger partial charge in [-0.2, -0.15) is 4.98 Å². The van der Waals surface area contributed by atoms with E-state index in [0.29, 0.717) is 24.6 Å². The Morgan fingerprint density at radius 3 is 2.72 bits per heavy atom. The van der Waals surface area contributed by atoms with E-state index in [0.717, 1.165) is 26.9 Å². The fourth-order valence-electron chi connectivity index (χ4n) is 2.77. The van der Waals surface area contributed by atoms with Gasteiger partial charge < -0.3 is 20.9 Å². The van der Waals surface area contributed by atoms with E-state index in [2.05, 4.69) is 32.0 Å². The molecule has 0 saturated carbocycles. The summed E-state index contributed by atoms with van der Waals surface area (Å²) in [7, 11) is 0. The number of ether oxygens (including phenoxy) is 2. The maximum absolute atomic E-state index is 6.12. The summed E-state index contributed by atoms with van der Waals surface area (Å²) in [6.45, 7) is 6.51. The zero-order valence-electron chi connectivity index (χ0n) is 14.5. The van der Waals surface area contributed by atoms with Crippen LogP contribution in [0.5, 0.6) is 11.5 Å². The number of halogens is 1. The van der Waals surface area contributed by atoms with Crippen LogP contribution in [0, 0.1) is 0 Å². The van der Waals surface area contributed by atoms with E-state index in [1.807, 2.05) is 32.9 Å². The molecule has 4 N–H and O–H groups in total. The fraction of sp³-hybridized carbons (Fsp3) is 0.333. The molecule has 0 radical (unpaired) electrons. The second-order valence-electron chi connectivity index (χ2n) is 6.42. The van der Waals surface area contributed by atoms with Crippen molar-refractivity contribution >= 4 is 32.2 Å². The Morgan fingerprint density at radius 2 is 2.04 bits per heavy atom. The number of benzene rings is 1. The lowest BCUT2D eigenvalue weighted by Gasteiger charge is -2.31. The Labute approximate surface area is 155 Å². The van der Waals surface area contributed by atoms with Gasteiger partial charge in [0.25, 0.3) is 0 Å². The van der Waals surface area contributed by atoms with Gasteiger partial charge in [0.1, 0.15) is 11.4 Å². The Morgan fingerprint density at radius 1 is 1.28 bits per heavy atom. The van der Waals surface area contributed by atoms with E-state index in [4.69, 9.17) is 20.9 Å². The molecule has 2 aromatic rings. The van der Waals surface area contributed by atoms with E-state index in [-0.39, 0.29) is 5.95 Å². The van der Waals surface area contributed by atoms with Gasteiger partial charge in [-0.1, -0.05) is 15.9 Å². The molecule has 0 bridgehead atoms. The number of hydrogen-bond acceptors (Lipinski definition) is 6. The highest BCUT2D eigenvalue weighted by Crippen LogP contribution is 2.45. The Bertz CT molecular complexity index is 849. The molecule has 0 unspecified atom stereocenters. The number of hydrogen-bond donors (Lipinski definition) is 2. The van der Waals surface area contributed by atoms with Crippen molar-refractivity contribution in [3.63, 3.8) is 0 Å². The molecule has 1 aliphatic heterocycles. The van der Waals surface area contributed by atoms with Crippen LogP contribution in [0.3, 0.4) is 0 Å². The summed E-state index contributed by atoms with van der Waals surface area (Å²) in [5, 5.41) is 0. The van der Waals surface area contributed by atoms with Gasteiger partial charge in [-0.25, -0.2) is 4.98 Å². The highest BCUT2D eigenvalue weighted by atomic mass is 79.9. The molecule has 0 saturated heterocycles. The average molecular weight is 405 g/mol. The van der Waals surface area contributed by atoms with Crippen LogP contribution in [0.1, 0.15) is 37.5 Å². The highest BCUT2D eigenvalue weighted by molar-refractivity contribution is 9.15. The summed E-state index contributed by atoms with van der Waals surface area (Å²) >= 11 is 3.65. The normalized spacial score (nSPS) is 15.1. The zero-order valence-corrected chi connectivity index (χ0v) is 16.1. The van der Waals surface area contributed by atoms with Gasteiger partial charge in [-0.05, 0) is 44.5 Å². The second kappa shape index (κ2) is 6.55. The molecule has 0 atom stereocenters. The minimum absolute atomic E-state index is 0.169. The van der Waals surface area contributed by atoms with Crippen LogP contribution < -0.4 is 20.9 Å². The number of nitrogens with zero attached hydrogens (tertiary/aromatic N) is 2. The van der Waals surface area contributed by atoms with Crippen molar-refractivity contribution in [1.29, 1.82) is 0 Å². The Hall–Kier alpha value is -2.28. The quantitative estimate of drug-likeness (QED) is 0.808. The van der Waals surface area contributed by atoms with Crippen molar-refractivity contribution in [2.45, 2.75) is 32.8 Å². The molecule has 2 heterocycles. The third-order valence-electron chi connectivity index (χ3n) is 3.82. The van der Waals surface area contributed by atoms with Crippen molar-refractivity contribution in [3.05, 3.63) is 41.1 Å². The molecule has 25 heavy (non-hydrogen) atoms. The van der Waals surface area contributed by atoms with E-state index in [1.54, 1.807) is 6.20 Å². The first kappa shape index (κ1) is 17.5. The number of aromatic nitrogens is 2. The van der Waals surface area contributed by atoms with Crippen LogP contribution in [-0.4, -0.2) is 22.2 Å². The van der Waals surface area contributed by atoms with Crippen molar-refractivity contribution in [1.82, 2.24) is 9.97 Å². The maximum Gasteiger partial charge on any atom is 0.221 e. The van der Waals surface area contributed by atoms with Gasteiger partial charge in [0.2, 0.25) is 5.95 Å². The first-order chi connectivity index (χ1) is 11.8. The van der Waals surface area contributed by atoms with Crippen LogP contribution >= 0.6 is 15.9 Å². The summed E-state index contributed by atoms with van der Waals surface area (Å²) in [5.41, 5.74) is 13.9. The molecule has 0 aliphatic carbocycles. The lowest BCUT2D eigenvalue weighted by molar-refractivity contribution is 0.149. The van der Waals surface area contributed by atoms with Gasteiger partial charge in [-0.15, -0.1) is 0 Å². The summed E-state index contributed by atoms with van der Waals surface area (Å²) < 4.78 is 12.9. The summed E-state index contributed by atoms with van der Waals surface area (Å²) in [6, 6.07) is 4.03. The molecule has 1 aliphatic rings. The van der Waals surface area contributed by atoms with Crippen molar-refractivity contribution in [3.8, 4) is 11.5 Å². The maximum atomic E-state index is 6.12. The van der Waals surface area contributed by atoms with Crippen LogP contribution in [0.2, 0.25) is 0 Å². The first-order valence-corrected chi connectivity index (χ1v) is 8.82. The predicted molar refractivity (Wildman–Crippen MR) is 103 cm³/mol. The second-order valence-corrected chi connectivity index (χ2v) is 7.27. The topological polar surface area (TPSA) is 96.3 Å². The largest absolute Gasteiger partial charge is 0.490 e. The lowest BCUT2D eigenvalue weighted by atomic mass is 9.98. The molecule has 6 nitrogen and oxygen atoms in total. The minimum Gasteiger partial charge on any atom is -0.490 e. The molecule has 7 heteroatoms. The van der Waals surface area contributed by atoms with E-state index < -0.39 is 5.60 Å². The minimum atomic E-state index is -0.408. The molecule has 0 amide bonds. The highest BCUT2D eigenvalue weighted by Gasteiger charge is 2.29. The van der Waals surface area contributed by atoms with E-state index in [1.165, 1.54) is 0 Å². The number of anilines is 2. The van der Waals surface area contributed by atoms with Crippen molar-refractivity contribution in [2.75, 3.05) is 18.1 Å². The molecule has 0 spiro atoms. The number of rotatable bonds is 4. The molecular weight excluding hydrogens is 384 g/mol. The van der Waals surface area contributed by atoms with Crippen molar-refractivity contribution < 1.29 is 9.47 Å². The number of nitrogens with two attached hydrogens (primary N) is 2. The van der Waals surface area contributed by atoms with Gasteiger partial charge in [0, 0.05) is 28.2 Å². The van der Waals surface area contributed by atoms with Gasteiger partial charge in [-0.3, -0.25) is 0 Å². The molecule has 3 rings (SSSR count). The predicted octanol–water partition coefficient (Wildman–Crippen LogP) is 3.54. The fourth-order valence-corrected chi connectivity index (χ4v) is 3.62. The summed E-state index contributed by atoms with van der Waals surface area (Å²) in [4.78, 5) is 8.04. The Kier molecular flexibility index (Phi) is 4.60.